The third-order valence-corrected chi connectivity index (χ3v) is 4.48. The van der Waals surface area contributed by atoms with Crippen molar-refractivity contribution in [3.8, 4) is 23.0 Å². The normalized spacial score (nSPS) is 15.6. The van der Waals surface area contributed by atoms with E-state index >= 15 is 0 Å². The van der Waals surface area contributed by atoms with E-state index in [2.05, 4.69) is 44.1 Å². The summed E-state index contributed by atoms with van der Waals surface area (Å²) in [4.78, 5) is 15.0. The Bertz CT molecular complexity index is 792. The summed E-state index contributed by atoms with van der Waals surface area (Å²) < 4.78 is 5.29. The van der Waals surface area contributed by atoms with E-state index in [1.807, 2.05) is 12.1 Å². The third kappa shape index (κ3) is 2.99. The van der Waals surface area contributed by atoms with Gasteiger partial charge in [-0.2, -0.15) is 4.98 Å². The fourth-order valence-electron chi connectivity index (χ4n) is 2.94. The van der Waals surface area contributed by atoms with Gasteiger partial charge >= 0.3 is 0 Å². The molecule has 1 saturated heterocycles. The van der Waals surface area contributed by atoms with Gasteiger partial charge in [-0.1, -0.05) is 12.1 Å². The van der Waals surface area contributed by atoms with Gasteiger partial charge in [-0.15, -0.1) is 0 Å². The predicted molar refractivity (Wildman–Crippen MR) is 91.4 cm³/mol. The fraction of sp³-hybridized carbons (Fsp3) is 0.333. The van der Waals surface area contributed by atoms with Crippen molar-refractivity contribution in [1.82, 2.24) is 20.1 Å². The molecule has 0 unspecified atom stereocenters. The van der Waals surface area contributed by atoms with Crippen LogP contribution in [-0.2, 0) is 0 Å². The van der Waals surface area contributed by atoms with Crippen LogP contribution in [0.4, 0.5) is 5.69 Å². The zero-order valence-corrected chi connectivity index (χ0v) is 13.6. The Morgan fingerprint density at radius 2 is 1.88 bits per heavy atom. The molecule has 0 spiro atoms. The second-order valence-electron chi connectivity index (χ2n) is 6.23. The second-order valence-corrected chi connectivity index (χ2v) is 6.23. The van der Waals surface area contributed by atoms with Gasteiger partial charge in [0.25, 0.3) is 5.89 Å². The summed E-state index contributed by atoms with van der Waals surface area (Å²) in [6.45, 7) is 4.57. The molecule has 1 aromatic carbocycles. The molecular weight excluding hydrogens is 302 g/mol. The van der Waals surface area contributed by atoms with E-state index in [0.717, 1.165) is 24.6 Å². The summed E-state index contributed by atoms with van der Waals surface area (Å²) in [6.07, 6.45) is 7.34. The standard InChI is InChI=1S/C18H19N5O/c1-13-6-10-23(11-7-13)15-4-2-14(3-5-15)17-21-18(24-22-17)16-12-19-8-9-20-16/h2-5,8-9,12-13H,6-7,10-11H2,1H3. The minimum absolute atomic E-state index is 0.382. The van der Waals surface area contributed by atoms with Crippen LogP contribution in [0.2, 0.25) is 0 Å². The van der Waals surface area contributed by atoms with Gasteiger partial charge in [0.1, 0.15) is 5.69 Å². The molecule has 6 heteroatoms. The molecule has 6 nitrogen and oxygen atoms in total. The van der Waals surface area contributed by atoms with Crippen LogP contribution >= 0.6 is 0 Å². The maximum Gasteiger partial charge on any atom is 0.278 e. The molecule has 0 radical (unpaired) electrons. The molecule has 0 amide bonds. The number of aromatic nitrogens is 4. The zero-order valence-electron chi connectivity index (χ0n) is 13.6. The van der Waals surface area contributed by atoms with E-state index in [4.69, 9.17) is 4.52 Å². The average molecular weight is 321 g/mol. The highest BCUT2D eigenvalue weighted by Crippen LogP contribution is 2.26. The number of anilines is 1. The highest BCUT2D eigenvalue weighted by molar-refractivity contribution is 5.61. The summed E-state index contributed by atoms with van der Waals surface area (Å²) in [5.41, 5.74) is 2.77. The Morgan fingerprint density at radius 3 is 2.58 bits per heavy atom. The lowest BCUT2D eigenvalue weighted by Crippen LogP contribution is -2.32. The molecular formula is C18H19N5O. The van der Waals surface area contributed by atoms with Crippen molar-refractivity contribution >= 4 is 5.69 Å². The van der Waals surface area contributed by atoms with Gasteiger partial charge in [0.05, 0.1) is 6.20 Å². The largest absolute Gasteiger partial charge is 0.372 e. The van der Waals surface area contributed by atoms with Crippen LogP contribution in [0.25, 0.3) is 23.0 Å². The van der Waals surface area contributed by atoms with Crippen molar-refractivity contribution in [2.45, 2.75) is 19.8 Å². The molecule has 0 aliphatic carbocycles. The Kier molecular flexibility index (Phi) is 3.94. The van der Waals surface area contributed by atoms with E-state index in [-0.39, 0.29) is 0 Å². The van der Waals surface area contributed by atoms with Crippen molar-refractivity contribution in [3.05, 3.63) is 42.9 Å². The van der Waals surface area contributed by atoms with Gasteiger partial charge in [-0.3, -0.25) is 4.98 Å². The monoisotopic (exact) mass is 321 g/mol. The summed E-state index contributed by atoms with van der Waals surface area (Å²) in [7, 11) is 0. The van der Waals surface area contributed by atoms with Crippen LogP contribution in [0.15, 0.2) is 47.4 Å². The Hall–Kier alpha value is -2.76. The molecule has 24 heavy (non-hydrogen) atoms. The second kappa shape index (κ2) is 6.39. The summed E-state index contributed by atoms with van der Waals surface area (Å²) in [5, 5.41) is 4.05. The van der Waals surface area contributed by atoms with E-state index in [0.29, 0.717) is 17.4 Å². The molecule has 2 aromatic heterocycles. The lowest BCUT2D eigenvalue weighted by Gasteiger charge is -2.32. The molecule has 1 aliphatic heterocycles. The molecule has 122 valence electrons. The first-order valence-corrected chi connectivity index (χ1v) is 8.25. The number of rotatable bonds is 3. The Balaban J connectivity index is 1.52. The maximum atomic E-state index is 5.29. The minimum Gasteiger partial charge on any atom is -0.372 e. The van der Waals surface area contributed by atoms with Crippen LogP contribution in [0, 0.1) is 5.92 Å². The number of hydrogen-bond acceptors (Lipinski definition) is 6. The molecule has 3 aromatic rings. The van der Waals surface area contributed by atoms with Gasteiger partial charge in [0, 0.05) is 36.7 Å². The molecule has 0 N–H and O–H groups in total. The molecule has 0 bridgehead atoms. The van der Waals surface area contributed by atoms with Gasteiger partial charge in [0.2, 0.25) is 5.82 Å². The fourth-order valence-corrected chi connectivity index (χ4v) is 2.94. The van der Waals surface area contributed by atoms with Crippen molar-refractivity contribution in [2.24, 2.45) is 5.92 Å². The van der Waals surface area contributed by atoms with Crippen LogP contribution in [-0.4, -0.2) is 33.2 Å². The topological polar surface area (TPSA) is 67.9 Å². The lowest BCUT2D eigenvalue weighted by molar-refractivity contribution is 0.431. The van der Waals surface area contributed by atoms with Crippen LogP contribution in [0.5, 0.6) is 0 Å². The first-order chi connectivity index (χ1) is 11.8. The van der Waals surface area contributed by atoms with Crippen LogP contribution in [0.1, 0.15) is 19.8 Å². The molecule has 1 fully saturated rings. The lowest BCUT2D eigenvalue weighted by atomic mass is 9.98. The number of benzene rings is 1. The summed E-state index contributed by atoms with van der Waals surface area (Å²) in [6, 6.07) is 8.34. The number of piperidine rings is 1. The van der Waals surface area contributed by atoms with E-state index < -0.39 is 0 Å². The van der Waals surface area contributed by atoms with E-state index in [1.54, 1.807) is 18.6 Å². The van der Waals surface area contributed by atoms with Crippen LogP contribution < -0.4 is 4.90 Å². The van der Waals surface area contributed by atoms with E-state index in [1.165, 1.54) is 18.5 Å². The van der Waals surface area contributed by atoms with Crippen molar-refractivity contribution < 1.29 is 4.52 Å². The maximum absolute atomic E-state index is 5.29. The van der Waals surface area contributed by atoms with Gasteiger partial charge in [-0.25, -0.2) is 4.98 Å². The molecule has 4 rings (SSSR count). The molecule has 1 aliphatic rings. The first kappa shape index (κ1) is 14.8. The van der Waals surface area contributed by atoms with E-state index in [9.17, 15) is 0 Å². The smallest absolute Gasteiger partial charge is 0.278 e. The Labute approximate surface area is 140 Å². The SMILES string of the molecule is CC1CCN(c2ccc(-c3noc(-c4cnccn4)n3)cc2)CC1. The van der Waals surface area contributed by atoms with Gasteiger partial charge in [0.15, 0.2) is 0 Å². The number of nitrogens with zero attached hydrogens (tertiary/aromatic N) is 5. The predicted octanol–water partition coefficient (Wildman–Crippen LogP) is 3.43. The van der Waals surface area contributed by atoms with Crippen LogP contribution in [0.3, 0.4) is 0 Å². The van der Waals surface area contributed by atoms with Gasteiger partial charge in [-0.05, 0) is 43.0 Å². The molecule has 0 saturated carbocycles. The van der Waals surface area contributed by atoms with Gasteiger partial charge < -0.3 is 9.42 Å². The minimum atomic E-state index is 0.382. The van der Waals surface area contributed by atoms with Crippen molar-refractivity contribution in [3.63, 3.8) is 0 Å². The summed E-state index contributed by atoms with van der Waals surface area (Å²) in [5.74, 6) is 1.78. The van der Waals surface area contributed by atoms with Crippen molar-refractivity contribution in [2.75, 3.05) is 18.0 Å². The molecule has 0 atom stereocenters. The Morgan fingerprint density at radius 1 is 1.08 bits per heavy atom. The van der Waals surface area contributed by atoms with Crippen molar-refractivity contribution in [1.29, 1.82) is 0 Å². The quantitative estimate of drug-likeness (QED) is 0.736. The number of hydrogen-bond donors (Lipinski definition) is 0. The average Bonchev–Trinajstić information content (AvgIpc) is 3.13. The third-order valence-electron chi connectivity index (χ3n) is 4.48. The first-order valence-electron chi connectivity index (χ1n) is 8.25. The zero-order chi connectivity index (χ0) is 16.4. The summed E-state index contributed by atoms with van der Waals surface area (Å²) >= 11 is 0. The molecule has 3 heterocycles. The highest BCUT2D eigenvalue weighted by Gasteiger charge is 2.16. The highest BCUT2D eigenvalue weighted by atomic mass is 16.5.